The largest absolute Gasteiger partial charge is 0.497 e. The number of carbonyl (C=O) groups excluding carboxylic acids is 1. The summed E-state index contributed by atoms with van der Waals surface area (Å²) < 4.78 is 10.5. The topological polar surface area (TPSA) is 64.8 Å². The van der Waals surface area contributed by atoms with Crippen LogP contribution in [-0.2, 0) is 11.3 Å². The number of nitrogens with two attached hydrogens (primary N) is 1. The number of thioether (sulfide) groups is 1. The van der Waals surface area contributed by atoms with Crippen molar-refractivity contribution in [2.75, 3.05) is 33.3 Å². The Labute approximate surface area is 130 Å². The Bertz CT molecular complexity index is 468. The molecule has 0 aliphatic heterocycles. The van der Waals surface area contributed by atoms with Crippen molar-refractivity contribution in [2.24, 2.45) is 5.73 Å². The molecule has 1 atom stereocenters. The number of ether oxygens (including phenoxy) is 2. The van der Waals surface area contributed by atoms with Gasteiger partial charge in [-0.1, -0.05) is 0 Å². The minimum Gasteiger partial charge on any atom is -0.497 e. The third kappa shape index (κ3) is 5.13. The smallest absolute Gasteiger partial charge is 0.239 e. The number of hydrogen-bond acceptors (Lipinski definition) is 5. The fraction of sp³-hybridized carbons (Fsp3) is 0.533. The third-order valence-electron chi connectivity index (χ3n) is 3.23. The summed E-state index contributed by atoms with van der Waals surface area (Å²) in [6.07, 6.45) is 2.69. The molecule has 2 N–H and O–H groups in total. The molecule has 0 fully saturated rings. The predicted molar refractivity (Wildman–Crippen MR) is 87.0 cm³/mol. The molecule has 0 heterocycles. The highest BCUT2D eigenvalue weighted by Crippen LogP contribution is 2.25. The second kappa shape index (κ2) is 8.79. The van der Waals surface area contributed by atoms with E-state index < -0.39 is 6.04 Å². The first-order valence-electron chi connectivity index (χ1n) is 6.73. The normalized spacial score (nSPS) is 11.9. The lowest BCUT2D eigenvalue weighted by Crippen LogP contribution is -2.41. The maximum atomic E-state index is 12.2. The van der Waals surface area contributed by atoms with Gasteiger partial charge in [0.1, 0.15) is 11.5 Å². The lowest BCUT2D eigenvalue weighted by atomic mass is 10.1. The van der Waals surface area contributed by atoms with Crippen LogP contribution < -0.4 is 15.2 Å². The Kier molecular flexibility index (Phi) is 7.39. The van der Waals surface area contributed by atoms with Gasteiger partial charge in [0.05, 0.1) is 20.3 Å². The number of hydrogen-bond donors (Lipinski definition) is 1. The van der Waals surface area contributed by atoms with E-state index in [4.69, 9.17) is 15.2 Å². The van der Waals surface area contributed by atoms with Crippen LogP contribution in [0.5, 0.6) is 11.5 Å². The Morgan fingerprint density at radius 1 is 1.38 bits per heavy atom. The predicted octanol–water partition coefficient (Wildman–Crippen LogP) is 1.74. The van der Waals surface area contributed by atoms with Crippen LogP contribution in [0.4, 0.5) is 0 Å². The number of methoxy groups -OCH3 is 2. The minimum absolute atomic E-state index is 0.0538. The summed E-state index contributed by atoms with van der Waals surface area (Å²) >= 11 is 1.69. The van der Waals surface area contributed by atoms with E-state index in [1.54, 1.807) is 44.0 Å². The zero-order valence-electron chi connectivity index (χ0n) is 13.1. The molecule has 0 aliphatic rings. The Morgan fingerprint density at radius 2 is 2.10 bits per heavy atom. The zero-order valence-corrected chi connectivity index (χ0v) is 13.9. The van der Waals surface area contributed by atoms with Gasteiger partial charge in [-0.05, 0) is 30.6 Å². The summed E-state index contributed by atoms with van der Waals surface area (Å²) in [4.78, 5) is 13.8. The highest BCUT2D eigenvalue weighted by molar-refractivity contribution is 7.98. The zero-order chi connectivity index (χ0) is 15.8. The Hall–Kier alpha value is -1.40. The molecular formula is C15H24N2O3S. The SMILES string of the molecule is COc1ccc(CN(C)C(=O)[C@@H](N)CCSC)c(OC)c1. The standard InChI is InChI=1S/C15H24N2O3S/c1-17(15(18)13(16)7-8-21-4)10-11-5-6-12(19-2)9-14(11)20-3/h5-6,9,13H,7-8,10,16H2,1-4H3/t13-/m0/s1. The number of rotatable bonds is 8. The first-order valence-corrected chi connectivity index (χ1v) is 8.13. The van der Waals surface area contributed by atoms with E-state index in [0.29, 0.717) is 18.7 Å². The van der Waals surface area contributed by atoms with Gasteiger partial charge in [0, 0.05) is 25.2 Å². The van der Waals surface area contributed by atoms with Crippen molar-refractivity contribution in [3.63, 3.8) is 0 Å². The number of likely N-dealkylation sites (N-methyl/N-ethyl adjacent to an activating group) is 1. The minimum atomic E-state index is -0.452. The summed E-state index contributed by atoms with van der Waals surface area (Å²) in [5.41, 5.74) is 6.84. The van der Waals surface area contributed by atoms with Crippen molar-refractivity contribution in [3.05, 3.63) is 23.8 Å². The number of benzene rings is 1. The molecule has 5 nitrogen and oxygen atoms in total. The van der Waals surface area contributed by atoms with Crippen LogP contribution in [0.1, 0.15) is 12.0 Å². The molecule has 0 radical (unpaired) electrons. The molecule has 6 heteroatoms. The van der Waals surface area contributed by atoms with Crippen molar-refractivity contribution >= 4 is 17.7 Å². The van der Waals surface area contributed by atoms with Crippen LogP contribution in [0.3, 0.4) is 0 Å². The van der Waals surface area contributed by atoms with Crippen LogP contribution in [0.15, 0.2) is 18.2 Å². The van der Waals surface area contributed by atoms with Crippen molar-refractivity contribution in [2.45, 2.75) is 19.0 Å². The van der Waals surface area contributed by atoms with Gasteiger partial charge in [-0.25, -0.2) is 0 Å². The maximum Gasteiger partial charge on any atom is 0.239 e. The number of amides is 1. The van der Waals surface area contributed by atoms with Gasteiger partial charge in [0.15, 0.2) is 0 Å². The lowest BCUT2D eigenvalue weighted by Gasteiger charge is -2.22. The van der Waals surface area contributed by atoms with Gasteiger partial charge in [-0.2, -0.15) is 11.8 Å². The van der Waals surface area contributed by atoms with E-state index in [-0.39, 0.29) is 5.91 Å². The monoisotopic (exact) mass is 312 g/mol. The molecule has 0 unspecified atom stereocenters. The molecule has 1 amide bonds. The van der Waals surface area contributed by atoms with Crippen molar-refractivity contribution in [1.29, 1.82) is 0 Å². The quantitative estimate of drug-likeness (QED) is 0.792. The number of carbonyl (C=O) groups is 1. The van der Waals surface area contributed by atoms with Crippen molar-refractivity contribution in [3.8, 4) is 11.5 Å². The molecule has 0 spiro atoms. The average Bonchev–Trinajstić information content (AvgIpc) is 2.51. The summed E-state index contributed by atoms with van der Waals surface area (Å²) in [5.74, 6) is 2.25. The van der Waals surface area contributed by atoms with Crippen LogP contribution in [0.25, 0.3) is 0 Å². The number of nitrogens with zero attached hydrogens (tertiary/aromatic N) is 1. The first kappa shape index (κ1) is 17.7. The van der Waals surface area contributed by atoms with Crippen LogP contribution in [0, 0.1) is 0 Å². The molecule has 1 aromatic rings. The molecule has 0 bridgehead atoms. The van der Waals surface area contributed by atoms with Crippen LogP contribution >= 0.6 is 11.8 Å². The van der Waals surface area contributed by atoms with E-state index in [0.717, 1.165) is 17.1 Å². The van der Waals surface area contributed by atoms with Gasteiger partial charge in [0.2, 0.25) is 5.91 Å². The summed E-state index contributed by atoms with van der Waals surface area (Å²) in [5, 5.41) is 0. The van der Waals surface area contributed by atoms with Gasteiger partial charge in [-0.3, -0.25) is 4.79 Å². The fourth-order valence-corrected chi connectivity index (χ4v) is 2.46. The average molecular weight is 312 g/mol. The summed E-state index contributed by atoms with van der Waals surface area (Å²) in [6, 6.07) is 5.10. The van der Waals surface area contributed by atoms with E-state index in [1.807, 2.05) is 18.4 Å². The van der Waals surface area contributed by atoms with Crippen LogP contribution in [-0.4, -0.2) is 50.1 Å². The van der Waals surface area contributed by atoms with E-state index in [2.05, 4.69) is 0 Å². The van der Waals surface area contributed by atoms with Crippen LogP contribution in [0.2, 0.25) is 0 Å². The molecule has 0 saturated heterocycles. The van der Waals surface area contributed by atoms with Crippen molar-refractivity contribution < 1.29 is 14.3 Å². The molecule has 21 heavy (non-hydrogen) atoms. The maximum absolute atomic E-state index is 12.2. The Morgan fingerprint density at radius 3 is 2.67 bits per heavy atom. The van der Waals surface area contributed by atoms with E-state index in [1.165, 1.54) is 0 Å². The van der Waals surface area contributed by atoms with E-state index >= 15 is 0 Å². The molecule has 1 aromatic carbocycles. The van der Waals surface area contributed by atoms with Gasteiger partial charge < -0.3 is 20.1 Å². The van der Waals surface area contributed by atoms with Gasteiger partial charge >= 0.3 is 0 Å². The van der Waals surface area contributed by atoms with Gasteiger partial charge in [-0.15, -0.1) is 0 Å². The van der Waals surface area contributed by atoms with Crippen molar-refractivity contribution in [1.82, 2.24) is 4.90 Å². The molecule has 0 aromatic heterocycles. The molecule has 0 saturated carbocycles. The summed E-state index contributed by atoms with van der Waals surface area (Å²) in [7, 11) is 4.96. The van der Waals surface area contributed by atoms with Gasteiger partial charge in [0.25, 0.3) is 0 Å². The highest BCUT2D eigenvalue weighted by atomic mass is 32.2. The molecule has 118 valence electrons. The molecular weight excluding hydrogens is 288 g/mol. The Balaban J connectivity index is 2.73. The lowest BCUT2D eigenvalue weighted by molar-refractivity contribution is -0.131. The molecule has 1 rings (SSSR count). The second-order valence-corrected chi connectivity index (χ2v) is 5.75. The molecule has 0 aliphatic carbocycles. The summed E-state index contributed by atoms with van der Waals surface area (Å²) in [6.45, 7) is 0.457. The first-order chi connectivity index (χ1) is 10.0. The third-order valence-corrected chi connectivity index (χ3v) is 3.87. The highest BCUT2D eigenvalue weighted by Gasteiger charge is 2.19. The fourth-order valence-electron chi connectivity index (χ4n) is 1.97. The van der Waals surface area contributed by atoms with E-state index in [9.17, 15) is 4.79 Å². The second-order valence-electron chi connectivity index (χ2n) is 4.76.